The van der Waals surface area contributed by atoms with E-state index in [0.29, 0.717) is 6.42 Å². The summed E-state index contributed by atoms with van der Waals surface area (Å²) in [6.45, 7) is 5.50. The molecule has 1 fully saturated rings. The van der Waals surface area contributed by atoms with Crippen LogP contribution in [0.5, 0.6) is 5.75 Å². The summed E-state index contributed by atoms with van der Waals surface area (Å²) >= 11 is 0. The summed E-state index contributed by atoms with van der Waals surface area (Å²) in [5.74, 6) is 2.46. The van der Waals surface area contributed by atoms with E-state index in [-0.39, 0.29) is 5.91 Å². The molecule has 4 aromatic rings. The van der Waals surface area contributed by atoms with Gasteiger partial charge in [0.15, 0.2) is 0 Å². The third-order valence-corrected chi connectivity index (χ3v) is 6.25. The van der Waals surface area contributed by atoms with Crippen LogP contribution in [0.1, 0.15) is 11.1 Å². The van der Waals surface area contributed by atoms with Gasteiger partial charge in [-0.3, -0.25) is 4.79 Å². The number of anilines is 3. The minimum Gasteiger partial charge on any atom is -0.497 e. The van der Waals surface area contributed by atoms with Crippen molar-refractivity contribution in [1.82, 2.24) is 15.0 Å². The molecular weight excluding hydrogens is 440 g/mol. The molecule has 0 aliphatic carbocycles. The summed E-state index contributed by atoms with van der Waals surface area (Å²) in [5.41, 5.74) is 3.75. The number of aromatic nitrogens is 3. The smallest absolute Gasteiger partial charge is 0.228 e. The summed E-state index contributed by atoms with van der Waals surface area (Å²) in [6, 6.07) is 17.4. The largest absolute Gasteiger partial charge is 0.497 e. The number of benzene rings is 2. The van der Waals surface area contributed by atoms with Gasteiger partial charge in [-0.15, -0.1) is 0 Å². The van der Waals surface area contributed by atoms with Gasteiger partial charge in [0.25, 0.3) is 0 Å². The molecule has 1 amide bonds. The third-order valence-electron chi connectivity index (χ3n) is 6.25. The van der Waals surface area contributed by atoms with Gasteiger partial charge in [0.1, 0.15) is 11.6 Å². The van der Waals surface area contributed by atoms with Crippen LogP contribution < -0.4 is 19.9 Å². The van der Waals surface area contributed by atoms with Gasteiger partial charge in [-0.25, -0.2) is 15.0 Å². The number of methoxy groups -OCH3 is 1. The van der Waals surface area contributed by atoms with E-state index in [9.17, 15) is 4.79 Å². The van der Waals surface area contributed by atoms with E-state index in [4.69, 9.17) is 9.72 Å². The molecule has 8 nitrogen and oxygen atoms in total. The number of carbonyl (C=O) groups excluding carboxylic acids is 1. The van der Waals surface area contributed by atoms with Gasteiger partial charge in [-0.2, -0.15) is 0 Å². The average molecular weight is 469 g/mol. The summed E-state index contributed by atoms with van der Waals surface area (Å²) in [5, 5.41) is 4.05. The van der Waals surface area contributed by atoms with Crippen LogP contribution in [0.4, 0.5) is 17.5 Å². The zero-order valence-corrected chi connectivity index (χ0v) is 19.9. The molecule has 1 aliphatic heterocycles. The van der Waals surface area contributed by atoms with E-state index in [1.807, 2.05) is 48.5 Å². The van der Waals surface area contributed by atoms with E-state index >= 15 is 0 Å². The lowest BCUT2D eigenvalue weighted by Gasteiger charge is -2.35. The van der Waals surface area contributed by atoms with Crippen molar-refractivity contribution < 1.29 is 9.53 Å². The number of amides is 1. The van der Waals surface area contributed by atoms with Crippen molar-refractivity contribution in [1.29, 1.82) is 0 Å². The topological polar surface area (TPSA) is 83.5 Å². The number of pyridine rings is 1. The molecule has 1 aliphatic rings. The van der Waals surface area contributed by atoms with Gasteiger partial charge in [-0.1, -0.05) is 12.1 Å². The number of hydrogen-bond donors (Lipinski definition) is 1. The minimum atomic E-state index is -0.0583. The fraction of sp³-hybridized carbons (Fsp3) is 0.259. The number of fused-ring (bicyclic) bond motifs is 1. The quantitative estimate of drug-likeness (QED) is 0.460. The zero-order valence-electron chi connectivity index (χ0n) is 19.9. The highest BCUT2D eigenvalue weighted by atomic mass is 16.5. The normalized spacial score (nSPS) is 13.7. The standard InChI is InChI=1S/C27H28N6O2/c1-19-16-25(32-12-14-33(15-13-32)27-28-10-3-11-29-27)31-24-9-6-21(18-23(19)24)30-26(34)17-20-4-7-22(35-2)8-5-20/h3-11,16,18H,12-15,17H2,1-2H3,(H,30,34). The molecule has 2 aromatic carbocycles. The SMILES string of the molecule is COc1ccc(CC(=O)Nc2ccc3nc(N4CCN(c5ncccn5)CC4)cc(C)c3c2)cc1. The van der Waals surface area contributed by atoms with E-state index in [1.54, 1.807) is 19.5 Å². The number of rotatable bonds is 6. The third kappa shape index (κ3) is 5.16. The molecule has 0 radical (unpaired) electrons. The molecule has 5 rings (SSSR count). The Bertz CT molecular complexity index is 1320. The molecule has 178 valence electrons. The summed E-state index contributed by atoms with van der Waals surface area (Å²) < 4.78 is 5.18. The molecule has 0 saturated carbocycles. The lowest BCUT2D eigenvalue weighted by Crippen LogP contribution is -2.47. The highest BCUT2D eigenvalue weighted by Crippen LogP contribution is 2.26. The van der Waals surface area contributed by atoms with Gasteiger partial charge >= 0.3 is 0 Å². The van der Waals surface area contributed by atoms with Crippen LogP contribution >= 0.6 is 0 Å². The van der Waals surface area contributed by atoms with Crippen LogP contribution in [0.2, 0.25) is 0 Å². The lowest BCUT2D eigenvalue weighted by atomic mass is 10.1. The van der Waals surface area contributed by atoms with Crippen molar-refractivity contribution in [2.24, 2.45) is 0 Å². The minimum absolute atomic E-state index is 0.0583. The summed E-state index contributed by atoms with van der Waals surface area (Å²) in [7, 11) is 1.63. The van der Waals surface area contributed by atoms with Crippen LogP contribution in [-0.4, -0.2) is 54.1 Å². The number of hydrogen-bond acceptors (Lipinski definition) is 7. The van der Waals surface area contributed by atoms with Crippen LogP contribution in [0.15, 0.2) is 67.0 Å². The molecule has 35 heavy (non-hydrogen) atoms. The number of aryl methyl sites for hydroxylation is 1. The van der Waals surface area contributed by atoms with Crippen LogP contribution in [0, 0.1) is 6.92 Å². The lowest BCUT2D eigenvalue weighted by molar-refractivity contribution is -0.115. The maximum Gasteiger partial charge on any atom is 0.228 e. The Labute approximate surface area is 204 Å². The van der Waals surface area contributed by atoms with Crippen LogP contribution in [0.25, 0.3) is 10.9 Å². The van der Waals surface area contributed by atoms with Gasteiger partial charge in [-0.05, 0) is 60.5 Å². The Kier molecular flexibility index (Phi) is 6.43. The Morgan fingerprint density at radius 1 is 0.971 bits per heavy atom. The fourth-order valence-electron chi connectivity index (χ4n) is 4.34. The highest BCUT2D eigenvalue weighted by Gasteiger charge is 2.20. The first-order chi connectivity index (χ1) is 17.1. The fourth-order valence-corrected chi connectivity index (χ4v) is 4.34. The van der Waals surface area contributed by atoms with Gasteiger partial charge in [0, 0.05) is 49.6 Å². The maximum atomic E-state index is 12.6. The number of piperazine rings is 1. The van der Waals surface area contributed by atoms with Gasteiger partial charge in [0.2, 0.25) is 11.9 Å². The van der Waals surface area contributed by atoms with Crippen LogP contribution in [-0.2, 0) is 11.2 Å². The predicted molar refractivity (Wildman–Crippen MR) is 138 cm³/mol. The van der Waals surface area contributed by atoms with Crippen LogP contribution in [0.3, 0.4) is 0 Å². The first-order valence-corrected chi connectivity index (χ1v) is 11.7. The first-order valence-electron chi connectivity index (χ1n) is 11.7. The molecule has 0 atom stereocenters. The van der Waals surface area contributed by atoms with Crippen molar-refractivity contribution in [3.8, 4) is 5.75 Å². The zero-order chi connectivity index (χ0) is 24.2. The summed E-state index contributed by atoms with van der Waals surface area (Å²) in [6.07, 6.45) is 3.86. The summed E-state index contributed by atoms with van der Waals surface area (Å²) in [4.78, 5) is 30.7. The molecule has 0 bridgehead atoms. The second-order valence-corrected chi connectivity index (χ2v) is 8.63. The van der Waals surface area contributed by atoms with Gasteiger partial charge < -0.3 is 19.9 Å². The van der Waals surface area contributed by atoms with E-state index in [0.717, 1.165) is 71.4 Å². The average Bonchev–Trinajstić information content (AvgIpc) is 2.90. The number of ether oxygens (including phenoxy) is 1. The van der Waals surface area contributed by atoms with E-state index in [2.05, 4.69) is 38.1 Å². The molecule has 0 spiro atoms. The maximum absolute atomic E-state index is 12.6. The van der Waals surface area contributed by atoms with Crippen molar-refractivity contribution >= 4 is 34.3 Å². The molecule has 3 heterocycles. The number of carbonyl (C=O) groups is 1. The predicted octanol–water partition coefficient (Wildman–Crippen LogP) is 3.85. The van der Waals surface area contributed by atoms with Crippen molar-refractivity contribution in [2.75, 3.05) is 48.4 Å². The second kappa shape index (κ2) is 9.97. The Hall–Kier alpha value is -4.20. The Morgan fingerprint density at radius 2 is 1.69 bits per heavy atom. The van der Waals surface area contributed by atoms with E-state index < -0.39 is 0 Å². The highest BCUT2D eigenvalue weighted by molar-refractivity contribution is 5.95. The molecule has 2 aromatic heterocycles. The van der Waals surface area contributed by atoms with Crippen molar-refractivity contribution in [2.45, 2.75) is 13.3 Å². The van der Waals surface area contributed by atoms with Gasteiger partial charge in [0.05, 0.1) is 19.0 Å². The van der Waals surface area contributed by atoms with E-state index in [1.165, 1.54) is 0 Å². The number of nitrogens with zero attached hydrogens (tertiary/aromatic N) is 5. The monoisotopic (exact) mass is 468 g/mol. The van der Waals surface area contributed by atoms with Crippen molar-refractivity contribution in [3.63, 3.8) is 0 Å². The molecule has 1 N–H and O–H groups in total. The second-order valence-electron chi connectivity index (χ2n) is 8.63. The molecule has 1 saturated heterocycles. The number of nitrogens with one attached hydrogen (secondary N) is 1. The molecule has 8 heteroatoms. The first kappa shape index (κ1) is 22.6. The Balaban J connectivity index is 1.25. The Morgan fingerprint density at radius 3 is 2.40 bits per heavy atom. The van der Waals surface area contributed by atoms with Crippen molar-refractivity contribution in [3.05, 3.63) is 78.1 Å². The molecular formula is C27H28N6O2. The molecule has 0 unspecified atom stereocenters.